The normalized spacial score (nSPS) is 17.4. The van der Waals surface area contributed by atoms with Crippen molar-refractivity contribution in [3.8, 4) is 0 Å². The number of thioether (sulfide) groups is 1. The van der Waals surface area contributed by atoms with Crippen molar-refractivity contribution < 1.29 is 13.2 Å². The Kier molecular flexibility index (Phi) is 4.31. The smallest absolute Gasteiger partial charge is 0.373 e. The van der Waals surface area contributed by atoms with Crippen molar-refractivity contribution in [1.29, 1.82) is 0 Å². The van der Waals surface area contributed by atoms with E-state index in [1.54, 1.807) is 11.8 Å². The van der Waals surface area contributed by atoms with E-state index in [4.69, 9.17) is 0 Å². The summed E-state index contributed by atoms with van der Waals surface area (Å²) < 4.78 is 38.3. The summed E-state index contributed by atoms with van der Waals surface area (Å²) in [4.78, 5) is 6.98. The molecule has 1 aliphatic rings. The molecular formula is C12H17F3N4S. The van der Waals surface area contributed by atoms with Gasteiger partial charge in [0.25, 0.3) is 0 Å². The number of halogens is 3. The van der Waals surface area contributed by atoms with E-state index < -0.39 is 12.0 Å². The highest BCUT2D eigenvalue weighted by Crippen LogP contribution is 2.42. The molecule has 2 N–H and O–H groups in total. The lowest BCUT2D eigenvalue weighted by atomic mass is 9.84. The van der Waals surface area contributed by atoms with Crippen molar-refractivity contribution in [2.24, 2.45) is 0 Å². The first-order valence-electron chi connectivity index (χ1n) is 6.32. The minimum Gasteiger partial charge on any atom is -0.373 e. The molecule has 0 bridgehead atoms. The fourth-order valence-corrected chi connectivity index (χ4v) is 2.98. The molecule has 2 rings (SSSR count). The molecule has 0 saturated heterocycles. The van der Waals surface area contributed by atoms with E-state index in [1.807, 2.05) is 6.26 Å². The summed E-state index contributed by atoms with van der Waals surface area (Å²) in [6, 6.07) is 1.49. The van der Waals surface area contributed by atoms with Gasteiger partial charge in [0, 0.05) is 24.4 Å². The van der Waals surface area contributed by atoms with Crippen LogP contribution in [-0.2, 0) is 6.18 Å². The summed E-state index contributed by atoms with van der Waals surface area (Å²) in [5.41, 5.74) is 0. The second kappa shape index (κ2) is 5.67. The van der Waals surface area contributed by atoms with Crippen LogP contribution in [0.1, 0.15) is 25.1 Å². The van der Waals surface area contributed by atoms with Gasteiger partial charge in [-0.2, -0.15) is 24.9 Å². The van der Waals surface area contributed by atoms with Gasteiger partial charge in [-0.1, -0.05) is 6.42 Å². The summed E-state index contributed by atoms with van der Waals surface area (Å²) in [7, 11) is 1.53. The van der Waals surface area contributed by atoms with E-state index >= 15 is 0 Å². The van der Waals surface area contributed by atoms with E-state index in [0.717, 1.165) is 12.8 Å². The second-order valence-electron chi connectivity index (χ2n) is 4.80. The number of hydrogen-bond acceptors (Lipinski definition) is 5. The van der Waals surface area contributed by atoms with Crippen molar-refractivity contribution in [3.63, 3.8) is 0 Å². The Balaban J connectivity index is 2.14. The quantitative estimate of drug-likeness (QED) is 0.874. The van der Waals surface area contributed by atoms with E-state index in [-0.39, 0.29) is 16.4 Å². The summed E-state index contributed by atoms with van der Waals surface area (Å²) in [6.07, 6.45) is 0.814. The number of anilines is 2. The second-order valence-corrected chi connectivity index (χ2v) is 6.08. The molecule has 0 aromatic carbocycles. The Labute approximate surface area is 120 Å². The van der Waals surface area contributed by atoms with Crippen LogP contribution in [0.4, 0.5) is 24.8 Å². The molecule has 1 heterocycles. The molecule has 112 valence electrons. The monoisotopic (exact) mass is 306 g/mol. The first-order valence-corrected chi connectivity index (χ1v) is 7.54. The van der Waals surface area contributed by atoms with Gasteiger partial charge in [0.15, 0.2) is 0 Å². The fourth-order valence-electron chi connectivity index (χ4n) is 2.07. The molecule has 20 heavy (non-hydrogen) atoms. The van der Waals surface area contributed by atoms with Crippen molar-refractivity contribution in [1.82, 2.24) is 9.97 Å². The predicted octanol–water partition coefficient (Wildman–Crippen LogP) is 3.23. The number of alkyl halides is 3. The number of aromatic nitrogens is 2. The van der Waals surface area contributed by atoms with Crippen molar-refractivity contribution in [3.05, 3.63) is 11.9 Å². The van der Waals surface area contributed by atoms with Gasteiger partial charge in [-0.05, 0) is 19.1 Å². The molecule has 0 spiro atoms. The minimum absolute atomic E-state index is 0.128. The molecule has 1 fully saturated rings. The zero-order chi connectivity index (χ0) is 14.8. The van der Waals surface area contributed by atoms with Crippen LogP contribution in [0.2, 0.25) is 0 Å². The summed E-state index contributed by atoms with van der Waals surface area (Å²) in [6.45, 7) is 0.617. The third-order valence-electron chi connectivity index (χ3n) is 3.53. The number of hydrogen-bond donors (Lipinski definition) is 2. The first-order chi connectivity index (χ1) is 9.38. The van der Waals surface area contributed by atoms with Crippen molar-refractivity contribution in [2.75, 3.05) is 30.5 Å². The minimum atomic E-state index is -4.54. The lowest BCUT2D eigenvalue weighted by Gasteiger charge is -2.40. The maximum absolute atomic E-state index is 12.7. The molecule has 1 saturated carbocycles. The lowest BCUT2D eigenvalue weighted by Crippen LogP contribution is -2.40. The van der Waals surface area contributed by atoms with Gasteiger partial charge in [-0.3, -0.25) is 0 Å². The standard InChI is InChI=1S/C12H17F3N4S/c1-16-8-6-9(19-10(18-8)12(13,14)15)17-7-11(20-2)4-3-5-11/h6H,3-5,7H2,1-2H3,(H2,16,17,18,19). The Morgan fingerprint density at radius 1 is 1.30 bits per heavy atom. The fraction of sp³-hybridized carbons (Fsp3) is 0.667. The molecule has 1 aromatic rings. The van der Waals surface area contributed by atoms with Crippen LogP contribution < -0.4 is 10.6 Å². The van der Waals surface area contributed by atoms with Gasteiger partial charge in [0.05, 0.1) is 0 Å². The predicted molar refractivity (Wildman–Crippen MR) is 75.2 cm³/mol. The maximum atomic E-state index is 12.7. The number of nitrogens with one attached hydrogen (secondary N) is 2. The van der Waals surface area contributed by atoms with Crippen molar-refractivity contribution in [2.45, 2.75) is 30.2 Å². The van der Waals surface area contributed by atoms with Crippen LogP contribution >= 0.6 is 11.8 Å². The summed E-state index contributed by atoms with van der Waals surface area (Å²) in [5.74, 6) is -0.766. The highest BCUT2D eigenvalue weighted by atomic mass is 32.2. The Bertz CT molecular complexity index is 469. The van der Waals surface area contributed by atoms with E-state index in [9.17, 15) is 13.2 Å². The molecule has 0 unspecified atom stereocenters. The van der Waals surface area contributed by atoms with Gasteiger partial charge in [-0.15, -0.1) is 0 Å². The van der Waals surface area contributed by atoms with Crippen LogP contribution in [0.5, 0.6) is 0 Å². The van der Waals surface area contributed by atoms with E-state index in [0.29, 0.717) is 6.54 Å². The molecule has 0 atom stereocenters. The highest BCUT2D eigenvalue weighted by Gasteiger charge is 2.37. The van der Waals surface area contributed by atoms with Crippen LogP contribution in [0, 0.1) is 0 Å². The zero-order valence-corrected chi connectivity index (χ0v) is 12.2. The third-order valence-corrected chi connectivity index (χ3v) is 4.94. The molecule has 0 radical (unpaired) electrons. The van der Waals surface area contributed by atoms with Gasteiger partial charge >= 0.3 is 6.18 Å². The van der Waals surface area contributed by atoms with E-state index in [2.05, 4.69) is 20.6 Å². The van der Waals surface area contributed by atoms with Gasteiger partial charge < -0.3 is 10.6 Å². The number of nitrogens with zero attached hydrogens (tertiary/aromatic N) is 2. The first kappa shape index (κ1) is 15.2. The topological polar surface area (TPSA) is 49.8 Å². The van der Waals surface area contributed by atoms with Gasteiger partial charge in [0.2, 0.25) is 5.82 Å². The summed E-state index contributed by atoms with van der Waals surface area (Å²) in [5, 5.41) is 5.64. The SMILES string of the molecule is CNc1cc(NCC2(SC)CCC2)nc(C(F)(F)F)n1. The van der Waals surface area contributed by atoms with Gasteiger partial charge in [0.1, 0.15) is 11.6 Å². The molecule has 0 amide bonds. The van der Waals surface area contributed by atoms with Crippen LogP contribution in [0.25, 0.3) is 0 Å². The molecular weight excluding hydrogens is 289 g/mol. The van der Waals surface area contributed by atoms with E-state index in [1.165, 1.54) is 19.5 Å². The molecule has 0 aliphatic heterocycles. The molecule has 1 aromatic heterocycles. The zero-order valence-electron chi connectivity index (χ0n) is 11.3. The number of rotatable bonds is 5. The average molecular weight is 306 g/mol. The van der Waals surface area contributed by atoms with Crippen LogP contribution in [-0.4, -0.2) is 34.6 Å². The van der Waals surface area contributed by atoms with Crippen molar-refractivity contribution >= 4 is 23.4 Å². The Morgan fingerprint density at radius 3 is 2.40 bits per heavy atom. The van der Waals surface area contributed by atoms with Gasteiger partial charge in [-0.25, -0.2) is 9.97 Å². The molecule has 8 heteroatoms. The Morgan fingerprint density at radius 2 is 1.95 bits per heavy atom. The Hall–Kier alpha value is -1.18. The molecule has 4 nitrogen and oxygen atoms in total. The largest absolute Gasteiger partial charge is 0.451 e. The average Bonchev–Trinajstić information content (AvgIpc) is 2.36. The van der Waals surface area contributed by atoms with Crippen LogP contribution in [0.15, 0.2) is 6.07 Å². The third kappa shape index (κ3) is 3.28. The lowest BCUT2D eigenvalue weighted by molar-refractivity contribution is -0.144. The van der Waals surface area contributed by atoms with Crippen LogP contribution in [0.3, 0.4) is 0 Å². The highest BCUT2D eigenvalue weighted by molar-refractivity contribution is 8.00. The maximum Gasteiger partial charge on any atom is 0.451 e. The molecule has 1 aliphatic carbocycles. The summed E-state index contributed by atoms with van der Waals surface area (Å²) >= 11 is 1.75.